The maximum atomic E-state index is 2.45. The SMILES string of the molecule is CC1(C)c2ccccc2-c2ccc(N(c3ccccc3)c3cc(-c4ccccc4-c4c(-c5ccccc5)cccc4-c4ccccc4)cc(N(c4ccccc4)c4ccc5ccccc5c4)c3)cc21. The average molecular weight is 883 g/mol. The van der Waals surface area contributed by atoms with Crippen LogP contribution in [-0.4, -0.2) is 0 Å². The van der Waals surface area contributed by atoms with Crippen molar-refractivity contribution in [1.29, 1.82) is 0 Å². The van der Waals surface area contributed by atoms with E-state index < -0.39 is 0 Å². The Bertz CT molecular complexity index is 3580. The second-order valence-electron chi connectivity index (χ2n) is 18.5. The molecule has 12 rings (SSSR count). The van der Waals surface area contributed by atoms with Crippen molar-refractivity contribution in [2.75, 3.05) is 9.80 Å². The zero-order valence-electron chi connectivity index (χ0n) is 38.8. The van der Waals surface area contributed by atoms with Crippen LogP contribution in [-0.2, 0) is 5.41 Å². The normalized spacial score (nSPS) is 12.3. The van der Waals surface area contributed by atoms with Gasteiger partial charge in [0.15, 0.2) is 0 Å². The Morgan fingerprint density at radius 2 is 0.696 bits per heavy atom. The fourth-order valence-corrected chi connectivity index (χ4v) is 10.7. The minimum Gasteiger partial charge on any atom is -0.310 e. The topological polar surface area (TPSA) is 6.48 Å². The lowest BCUT2D eigenvalue weighted by atomic mass is 9.82. The Morgan fingerprint density at radius 3 is 1.30 bits per heavy atom. The molecule has 69 heavy (non-hydrogen) atoms. The first kappa shape index (κ1) is 41.7. The van der Waals surface area contributed by atoms with Gasteiger partial charge in [0.2, 0.25) is 0 Å². The Morgan fingerprint density at radius 1 is 0.246 bits per heavy atom. The lowest BCUT2D eigenvalue weighted by molar-refractivity contribution is 0.660. The van der Waals surface area contributed by atoms with Crippen LogP contribution in [0.1, 0.15) is 25.0 Å². The standard InChI is InChI=1S/C67H50N2/c1-67(2)64-37-20-19-33-61(64)62-41-40-55(46-65(62)67)69(53-30-13-6-14-31-53)57-44-51(43-56(45-57)68(52-28-11-5-12-29-52)54-39-38-47-22-15-16-27-50(47)42-54)58-32-17-18-34-63(58)66-59(48-23-7-3-8-24-48)35-21-36-60(66)49-25-9-4-10-26-49/h3-46H,1-2H3. The molecule has 0 bridgehead atoms. The molecule has 0 radical (unpaired) electrons. The van der Waals surface area contributed by atoms with Crippen molar-refractivity contribution in [3.8, 4) is 55.6 Å². The van der Waals surface area contributed by atoms with Crippen LogP contribution in [0, 0.1) is 0 Å². The molecule has 0 aromatic heterocycles. The van der Waals surface area contributed by atoms with Crippen LogP contribution in [0.4, 0.5) is 34.1 Å². The molecule has 0 atom stereocenters. The second kappa shape index (κ2) is 17.5. The van der Waals surface area contributed by atoms with Crippen LogP contribution in [0.25, 0.3) is 66.4 Å². The third-order valence-corrected chi connectivity index (χ3v) is 14.0. The molecule has 0 heterocycles. The summed E-state index contributed by atoms with van der Waals surface area (Å²) in [5.74, 6) is 0. The van der Waals surface area contributed by atoms with Gasteiger partial charge >= 0.3 is 0 Å². The molecule has 0 fully saturated rings. The van der Waals surface area contributed by atoms with Crippen molar-refractivity contribution in [3.05, 3.63) is 278 Å². The molecule has 2 heteroatoms. The van der Waals surface area contributed by atoms with E-state index in [-0.39, 0.29) is 5.41 Å². The van der Waals surface area contributed by atoms with E-state index in [0.717, 1.165) is 45.3 Å². The molecule has 2 nitrogen and oxygen atoms in total. The van der Waals surface area contributed by atoms with Crippen molar-refractivity contribution in [3.63, 3.8) is 0 Å². The van der Waals surface area contributed by atoms with Gasteiger partial charge in [-0.2, -0.15) is 0 Å². The third-order valence-electron chi connectivity index (χ3n) is 14.0. The molecule has 0 saturated heterocycles. The van der Waals surface area contributed by atoms with Gasteiger partial charge < -0.3 is 9.80 Å². The van der Waals surface area contributed by atoms with Gasteiger partial charge in [0, 0.05) is 39.5 Å². The quantitative estimate of drug-likeness (QED) is 0.135. The third kappa shape index (κ3) is 7.57. The summed E-state index contributed by atoms with van der Waals surface area (Å²) in [6, 6.07) is 97.6. The van der Waals surface area contributed by atoms with E-state index in [1.165, 1.54) is 66.4 Å². The fourth-order valence-electron chi connectivity index (χ4n) is 10.7. The molecule has 0 saturated carbocycles. The minimum absolute atomic E-state index is 0.168. The number of rotatable bonds is 10. The van der Waals surface area contributed by atoms with E-state index in [1.807, 2.05) is 0 Å². The number of para-hydroxylation sites is 2. The summed E-state index contributed by atoms with van der Waals surface area (Å²) >= 11 is 0. The van der Waals surface area contributed by atoms with Gasteiger partial charge in [0.1, 0.15) is 0 Å². The van der Waals surface area contributed by atoms with E-state index >= 15 is 0 Å². The predicted octanol–water partition coefficient (Wildman–Crippen LogP) is 18.8. The summed E-state index contributed by atoms with van der Waals surface area (Å²) in [7, 11) is 0. The van der Waals surface area contributed by atoms with Crippen LogP contribution in [0.15, 0.2) is 267 Å². The van der Waals surface area contributed by atoms with Crippen LogP contribution in [0.5, 0.6) is 0 Å². The molecule has 0 spiro atoms. The van der Waals surface area contributed by atoms with Crippen molar-refractivity contribution >= 4 is 44.9 Å². The van der Waals surface area contributed by atoms with Crippen LogP contribution in [0.2, 0.25) is 0 Å². The lowest BCUT2D eigenvalue weighted by Gasteiger charge is -2.31. The Balaban J connectivity index is 1.14. The first-order valence-electron chi connectivity index (χ1n) is 23.9. The Hall–Kier alpha value is -8.72. The summed E-state index contributed by atoms with van der Waals surface area (Å²) in [5.41, 5.74) is 21.0. The first-order valence-corrected chi connectivity index (χ1v) is 23.9. The highest BCUT2D eigenvalue weighted by atomic mass is 15.2. The van der Waals surface area contributed by atoms with Gasteiger partial charge in [-0.05, 0) is 144 Å². The number of hydrogen-bond donors (Lipinski definition) is 0. The van der Waals surface area contributed by atoms with Crippen LogP contribution in [0.3, 0.4) is 0 Å². The van der Waals surface area contributed by atoms with Crippen molar-refractivity contribution in [2.24, 2.45) is 0 Å². The monoisotopic (exact) mass is 882 g/mol. The zero-order chi connectivity index (χ0) is 46.3. The van der Waals surface area contributed by atoms with Gasteiger partial charge in [-0.25, -0.2) is 0 Å². The van der Waals surface area contributed by atoms with Crippen LogP contribution < -0.4 is 9.80 Å². The predicted molar refractivity (Wildman–Crippen MR) is 293 cm³/mol. The largest absolute Gasteiger partial charge is 0.310 e. The molecule has 11 aromatic carbocycles. The maximum Gasteiger partial charge on any atom is 0.0488 e. The second-order valence-corrected chi connectivity index (χ2v) is 18.5. The lowest BCUT2D eigenvalue weighted by Crippen LogP contribution is -2.17. The Kier molecular flexibility index (Phi) is 10.6. The number of benzene rings is 11. The molecule has 1 aliphatic carbocycles. The zero-order valence-corrected chi connectivity index (χ0v) is 38.8. The summed E-state index contributed by atoms with van der Waals surface area (Å²) in [6.07, 6.45) is 0. The summed E-state index contributed by atoms with van der Waals surface area (Å²) < 4.78 is 0. The van der Waals surface area contributed by atoms with Gasteiger partial charge in [-0.15, -0.1) is 0 Å². The maximum absolute atomic E-state index is 2.45. The smallest absolute Gasteiger partial charge is 0.0488 e. The number of anilines is 6. The van der Waals surface area contributed by atoms with Gasteiger partial charge in [0.05, 0.1) is 0 Å². The minimum atomic E-state index is -0.168. The van der Waals surface area contributed by atoms with Crippen LogP contribution >= 0.6 is 0 Å². The fraction of sp³-hybridized carbons (Fsp3) is 0.0448. The van der Waals surface area contributed by atoms with Crippen molar-refractivity contribution in [2.45, 2.75) is 19.3 Å². The number of fused-ring (bicyclic) bond motifs is 4. The highest BCUT2D eigenvalue weighted by molar-refractivity contribution is 6.01. The first-order chi connectivity index (χ1) is 34.0. The molecule has 0 N–H and O–H groups in total. The van der Waals surface area contributed by atoms with E-state index in [0.29, 0.717) is 0 Å². The highest BCUT2D eigenvalue weighted by Crippen LogP contribution is 2.52. The molecular formula is C67H50N2. The van der Waals surface area contributed by atoms with E-state index in [1.54, 1.807) is 0 Å². The number of hydrogen-bond acceptors (Lipinski definition) is 2. The van der Waals surface area contributed by atoms with E-state index in [2.05, 4.69) is 291 Å². The van der Waals surface area contributed by atoms with Crippen molar-refractivity contribution in [1.82, 2.24) is 0 Å². The molecule has 11 aromatic rings. The summed E-state index contributed by atoms with van der Waals surface area (Å²) in [5, 5.41) is 2.40. The summed E-state index contributed by atoms with van der Waals surface area (Å²) in [6.45, 7) is 4.73. The van der Waals surface area contributed by atoms with Gasteiger partial charge in [0.25, 0.3) is 0 Å². The average Bonchev–Trinajstić information content (AvgIpc) is 3.64. The van der Waals surface area contributed by atoms with Gasteiger partial charge in [-0.3, -0.25) is 0 Å². The van der Waals surface area contributed by atoms with E-state index in [9.17, 15) is 0 Å². The molecule has 0 aliphatic heterocycles. The molecule has 1 aliphatic rings. The molecule has 328 valence electrons. The Labute approximate surface area is 405 Å². The van der Waals surface area contributed by atoms with Gasteiger partial charge in [-0.1, -0.05) is 214 Å². The molecular weight excluding hydrogens is 833 g/mol. The van der Waals surface area contributed by atoms with E-state index in [4.69, 9.17) is 0 Å². The summed E-state index contributed by atoms with van der Waals surface area (Å²) in [4.78, 5) is 4.87. The molecule has 0 unspecified atom stereocenters. The highest BCUT2D eigenvalue weighted by Gasteiger charge is 2.36. The number of nitrogens with zero attached hydrogens (tertiary/aromatic N) is 2. The molecule has 0 amide bonds. The van der Waals surface area contributed by atoms with Crippen molar-refractivity contribution < 1.29 is 0 Å².